The van der Waals surface area contributed by atoms with E-state index in [9.17, 15) is 9.59 Å². The Balaban J connectivity index is 1.45. The largest absolute Gasteiger partial charge is 0.417 e. The highest BCUT2D eigenvalue weighted by Crippen LogP contribution is 2.25. The second-order valence-corrected chi connectivity index (χ2v) is 8.78. The maximum Gasteiger partial charge on any atom is 0.306 e. The molecule has 0 aliphatic carbocycles. The number of piperazine rings is 1. The van der Waals surface area contributed by atoms with Gasteiger partial charge in [-0.2, -0.15) is 0 Å². The third-order valence-corrected chi connectivity index (χ3v) is 6.21. The first-order valence-electron chi connectivity index (χ1n) is 10.8. The lowest BCUT2D eigenvalue weighted by molar-refractivity contribution is 0.0475. The van der Waals surface area contributed by atoms with E-state index in [1.165, 1.54) is 0 Å². The summed E-state index contributed by atoms with van der Waals surface area (Å²) < 4.78 is 5.33. The third-order valence-electron chi connectivity index (χ3n) is 5.99. The number of benzene rings is 2. The molecule has 2 heterocycles. The summed E-state index contributed by atoms with van der Waals surface area (Å²) in [6, 6.07) is 13.3. The second kappa shape index (κ2) is 9.72. The van der Waals surface area contributed by atoms with Crippen molar-refractivity contribution in [2.24, 2.45) is 5.73 Å². The first-order valence-corrected chi connectivity index (χ1v) is 11.2. The maximum atomic E-state index is 12.9. The van der Waals surface area contributed by atoms with E-state index in [-0.39, 0.29) is 17.8 Å². The van der Waals surface area contributed by atoms with Gasteiger partial charge in [-0.25, -0.2) is 0 Å². The number of primary amides is 1. The quantitative estimate of drug-likeness (QED) is 0.597. The molecule has 0 spiro atoms. The highest BCUT2D eigenvalue weighted by Gasteiger charge is 2.28. The molecule has 1 saturated heterocycles. The molecular formula is C24H26ClN5O3. The summed E-state index contributed by atoms with van der Waals surface area (Å²) in [5.41, 5.74) is 9.03. The van der Waals surface area contributed by atoms with Crippen molar-refractivity contribution in [2.45, 2.75) is 32.9 Å². The average molecular weight is 468 g/mol. The summed E-state index contributed by atoms with van der Waals surface area (Å²) in [7, 11) is 0. The number of nitrogens with zero attached hydrogens (tertiary/aromatic N) is 4. The number of halogens is 1. The molecule has 8 nitrogen and oxygen atoms in total. The number of hydrogen-bond donors (Lipinski definition) is 1. The third kappa shape index (κ3) is 5.23. The Morgan fingerprint density at radius 2 is 1.88 bits per heavy atom. The fourth-order valence-corrected chi connectivity index (χ4v) is 4.46. The highest BCUT2D eigenvalue weighted by atomic mass is 35.5. The van der Waals surface area contributed by atoms with E-state index < -0.39 is 5.91 Å². The van der Waals surface area contributed by atoms with E-state index in [0.717, 1.165) is 29.8 Å². The van der Waals surface area contributed by atoms with E-state index >= 15 is 0 Å². The number of carbonyl (C=O) groups excluding carboxylic acids is 2. The van der Waals surface area contributed by atoms with Crippen LogP contribution in [0.4, 0.5) is 0 Å². The number of hydrogen-bond acceptors (Lipinski definition) is 6. The van der Waals surface area contributed by atoms with E-state index in [0.29, 0.717) is 36.0 Å². The van der Waals surface area contributed by atoms with Crippen LogP contribution in [-0.4, -0.2) is 57.5 Å². The summed E-state index contributed by atoms with van der Waals surface area (Å²) in [5, 5.41) is 8.18. The normalized spacial score (nSPS) is 16.7. The van der Waals surface area contributed by atoms with Crippen LogP contribution in [0.2, 0.25) is 5.02 Å². The van der Waals surface area contributed by atoms with Gasteiger partial charge in [0.15, 0.2) is 0 Å². The fourth-order valence-electron chi connectivity index (χ4n) is 4.20. The van der Waals surface area contributed by atoms with Crippen molar-refractivity contribution in [2.75, 3.05) is 19.6 Å². The van der Waals surface area contributed by atoms with Crippen LogP contribution in [-0.2, 0) is 13.0 Å². The van der Waals surface area contributed by atoms with Crippen molar-refractivity contribution in [1.82, 2.24) is 20.0 Å². The van der Waals surface area contributed by atoms with Gasteiger partial charge in [0.05, 0.1) is 6.42 Å². The molecule has 4 rings (SSSR count). The number of rotatable bonds is 6. The van der Waals surface area contributed by atoms with Gasteiger partial charge in [0.1, 0.15) is 0 Å². The molecule has 0 unspecified atom stereocenters. The molecule has 3 aromatic rings. The summed E-state index contributed by atoms with van der Waals surface area (Å²) in [5.74, 6) is -0.585. The van der Waals surface area contributed by atoms with Gasteiger partial charge in [0.25, 0.3) is 5.91 Å². The first-order chi connectivity index (χ1) is 15.8. The molecule has 2 N–H and O–H groups in total. The van der Waals surface area contributed by atoms with Crippen molar-refractivity contribution < 1.29 is 14.0 Å². The Hall–Kier alpha value is -3.23. The van der Waals surface area contributed by atoms with Gasteiger partial charge in [0.2, 0.25) is 5.89 Å². The van der Waals surface area contributed by atoms with E-state index in [2.05, 4.69) is 22.0 Å². The standard InChI is InChI=1S/C24H26ClN5O3/c1-15-13-29(8-9-30(15)24(32)17-6-4-3-5-7-17)14-19-11-20(25)10-18(16(19)2)12-21-27-28-23(33-21)22(26)31/h3-7,10-11,15H,8-9,12-14H2,1-2H3,(H2,26,31)/t15-/m0/s1. The van der Waals surface area contributed by atoms with Gasteiger partial charge in [-0.1, -0.05) is 29.8 Å². The van der Waals surface area contributed by atoms with Crippen LogP contribution in [0.15, 0.2) is 46.9 Å². The Kier molecular flexibility index (Phi) is 6.76. The van der Waals surface area contributed by atoms with Gasteiger partial charge < -0.3 is 15.1 Å². The van der Waals surface area contributed by atoms with Gasteiger partial charge in [-0.3, -0.25) is 14.5 Å². The number of nitrogens with two attached hydrogens (primary N) is 1. The van der Waals surface area contributed by atoms with Crippen LogP contribution in [0, 0.1) is 6.92 Å². The lowest BCUT2D eigenvalue weighted by Gasteiger charge is -2.40. The molecule has 0 radical (unpaired) electrons. The topological polar surface area (TPSA) is 106 Å². The van der Waals surface area contributed by atoms with E-state index in [1.807, 2.05) is 54.3 Å². The molecule has 2 aromatic carbocycles. The van der Waals surface area contributed by atoms with E-state index in [4.69, 9.17) is 21.8 Å². The summed E-state index contributed by atoms with van der Waals surface area (Å²) in [4.78, 5) is 28.4. The van der Waals surface area contributed by atoms with Gasteiger partial charge in [0, 0.05) is 42.8 Å². The molecule has 0 bridgehead atoms. The summed E-state index contributed by atoms with van der Waals surface area (Å²) >= 11 is 6.41. The maximum absolute atomic E-state index is 12.9. The zero-order valence-electron chi connectivity index (χ0n) is 18.6. The molecule has 9 heteroatoms. The lowest BCUT2D eigenvalue weighted by Crippen LogP contribution is -2.53. The van der Waals surface area contributed by atoms with Gasteiger partial charge in [-0.15, -0.1) is 10.2 Å². The predicted molar refractivity (Wildman–Crippen MR) is 124 cm³/mol. The zero-order chi connectivity index (χ0) is 23.5. The monoisotopic (exact) mass is 467 g/mol. The number of amides is 2. The van der Waals surface area contributed by atoms with Crippen LogP contribution in [0.1, 0.15) is 50.5 Å². The van der Waals surface area contributed by atoms with Gasteiger partial charge >= 0.3 is 11.8 Å². The molecule has 1 aromatic heterocycles. The molecule has 2 amide bonds. The van der Waals surface area contributed by atoms with Gasteiger partial charge in [-0.05, 0) is 54.8 Å². The molecule has 33 heavy (non-hydrogen) atoms. The van der Waals surface area contributed by atoms with Crippen molar-refractivity contribution in [3.63, 3.8) is 0 Å². The van der Waals surface area contributed by atoms with E-state index in [1.54, 1.807) is 0 Å². The predicted octanol–water partition coefficient (Wildman–Crippen LogP) is 3.07. The minimum atomic E-state index is -0.753. The SMILES string of the molecule is Cc1c(Cc2nnc(C(N)=O)o2)cc(Cl)cc1CN1CCN(C(=O)c2ccccc2)[C@@H](C)C1. The van der Waals surface area contributed by atoms with Crippen molar-refractivity contribution in [1.29, 1.82) is 0 Å². The smallest absolute Gasteiger partial charge is 0.306 e. The first kappa shape index (κ1) is 22.9. The molecule has 0 saturated carbocycles. The second-order valence-electron chi connectivity index (χ2n) is 8.34. The van der Waals surface area contributed by atoms with Crippen LogP contribution in [0.3, 0.4) is 0 Å². The Bertz CT molecular complexity index is 1160. The Morgan fingerprint density at radius 1 is 1.15 bits per heavy atom. The lowest BCUT2D eigenvalue weighted by atomic mass is 9.99. The molecule has 1 atom stereocenters. The fraction of sp³-hybridized carbons (Fsp3) is 0.333. The summed E-state index contributed by atoms with van der Waals surface area (Å²) in [6.07, 6.45) is 0.357. The molecule has 172 valence electrons. The minimum Gasteiger partial charge on any atom is -0.417 e. The number of aromatic nitrogens is 2. The Labute approximate surface area is 197 Å². The number of carbonyl (C=O) groups is 2. The zero-order valence-corrected chi connectivity index (χ0v) is 19.4. The van der Waals surface area contributed by atoms with Crippen LogP contribution < -0.4 is 5.73 Å². The molecule has 1 aliphatic heterocycles. The molecule has 1 aliphatic rings. The summed E-state index contributed by atoms with van der Waals surface area (Å²) in [6.45, 7) is 7.04. The van der Waals surface area contributed by atoms with Crippen molar-refractivity contribution >= 4 is 23.4 Å². The van der Waals surface area contributed by atoms with Crippen molar-refractivity contribution in [3.05, 3.63) is 81.5 Å². The van der Waals surface area contributed by atoms with Crippen LogP contribution in [0.25, 0.3) is 0 Å². The Morgan fingerprint density at radius 3 is 2.55 bits per heavy atom. The van der Waals surface area contributed by atoms with Crippen LogP contribution in [0.5, 0.6) is 0 Å². The highest BCUT2D eigenvalue weighted by molar-refractivity contribution is 6.30. The molecular weight excluding hydrogens is 442 g/mol. The van der Waals surface area contributed by atoms with Crippen LogP contribution >= 0.6 is 11.6 Å². The molecule has 1 fully saturated rings. The minimum absolute atomic E-state index is 0.0684. The average Bonchev–Trinajstić information content (AvgIpc) is 3.26. The van der Waals surface area contributed by atoms with Crippen molar-refractivity contribution in [3.8, 4) is 0 Å².